The summed E-state index contributed by atoms with van der Waals surface area (Å²) in [4.78, 5) is 0. The first-order chi connectivity index (χ1) is 10.6. The van der Waals surface area contributed by atoms with E-state index in [0.29, 0.717) is 38.2 Å². The molecule has 0 atom stereocenters. The van der Waals surface area contributed by atoms with Crippen LogP contribution in [0.15, 0.2) is 47.0 Å². The Morgan fingerprint density at radius 1 is 1.00 bits per heavy atom. The molecule has 1 N–H and O–H groups in total. The van der Waals surface area contributed by atoms with E-state index in [1.54, 1.807) is 30.3 Å². The van der Waals surface area contributed by atoms with Crippen LogP contribution in [0, 0.1) is 5.82 Å². The molecule has 0 aliphatic rings. The van der Waals surface area contributed by atoms with E-state index >= 15 is 0 Å². The molecular formula is C16H10Cl2FNO2. The lowest BCUT2D eigenvalue weighted by Gasteiger charge is -2.03. The Kier molecular flexibility index (Phi) is 4.16. The normalized spacial score (nSPS) is 10.9. The molecule has 1 aromatic heterocycles. The maximum atomic E-state index is 13.0. The van der Waals surface area contributed by atoms with Gasteiger partial charge in [0.1, 0.15) is 11.5 Å². The molecule has 22 heavy (non-hydrogen) atoms. The van der Waals surface area contributed by atoms with Gasteiger partial charge in [-0.1, -0.05) is 28.4 Å². The fraction of sp³-hybridized carbons (Fsp3) is 0.0625. The highest BCUT2D eigenvalue weighted by atomic mass is 35.5. The SMILES string of the molecule is OCc1c(-c2ccc(F)cc2)noc1-c1cc(Cl)cc(Cl)c1. The standard InChI is InChI=1S/C16H10Cl2FNO2/c17-11-5-10(6-12(18)7-11)16-14(8-21)15(20-22-16)9-1-3-13(19)4-2-9/h1-7,21H,8H2. The summed E-state index contributed by atoms with van der Waals surface area (Å²) < 4.78 is 18.4. The average Bonchev–Trinajstić information content (AvgIpc) is 2.91. The maximum Gasteiger partial charge on any atom is 0.173 e. The third-order valence-electron chi connectivity index (χ3n) is 3.19. The van der Waals surface area contributed by atoms with E-state index in [9.17, 15) is 9.50 Å². The Morgan fingerprint density at radius 2 is 1.64 bits per heavy atom. The lowest BCUT2D eigenvalue weighted by atomic mass is 10.0. The number of aromatic nitrogens is 1. The number of hydrogen-bond acceptors (Lipinski definition) is 3. The van der Waals surface area contributed by atoms with Gasteiger partial charge < -0.3 is 9.63 Å². The number of benzene rings is 2. The molecular weight excluding hydrogens is 328 g/mol. The third-order valence-corrected chi connectivity index (χ3v) is 3.63. The molecule has 3 nitrogen and oxygen atoms in total. The second kappa shape index (κ2) is 6.08. The molecule has 0 saturated heterocycles. The fourth-order valence-corrected chi connectivity index (χ4v) is 2.73. The Balaban J connectivity index is 2.12. The van der Waals surface area contributed by atoms with Gasteiger partial charge in [0.2, 0.25) is 0 Å². The average molecular weight is 338 g/mol. The summed E-state index contributed by atoms with van der Waals surface area (Å²) in [5.41, 5.74) is 2.20. The van der Waals surface area contributed by atoms with E-state index < -0.39 is 0 Å². The highest BCUT2D eigenvalue weighted by Gasteiger charge is 2.19. The summed E-state index contributed by atoms with van der Waals surface area (Å²) >= 11 is 12.0. The predicted octanol–water partition coefficient (Wildman–Crippen LogP) is 4.95. The first-order valence-corrected chi connectivity index (χ1v) is 7.16. The second-order valence-electron chi connectivity index (χ2n) is 4.66. The quantitative estimate of drug-likeness (QED) is 0.735. The topological polar surface area (TPSA) is 46.3 Å². The highest BCUT2D eigenvalue weighted by molar-refractivity contribution is 6.35. The molecule has 0 amide bonds. The van der Waals surface area contributed by atoms with Crippen molar-refractivity contribution in [2.75, 3.05) is 0 Å². The Bertz CT molecular complexity index is 795. The fourth-order valence-electron chi connectivity index (χ4n) is 2.20. The number of rotatable bonds is 3. The zero-order valence-corrected chi connectivity index (χ0v) is 12.7. The van der Waals surface area contributed by atoms with Gasteiger partial charge in [0, 0.05) is 21.2 Å². The molecule has 0 aliphatic heterocycles. The van der Waals surface area contributed by atoms with Gasteiger partial charge in [0.15, 0.2) is 5.76 Å². The minimum atomic E-state index is -0.348. The van der Waals surface area contributed by atoms with Gasteiger partial charge in [0.05, 0.1) is 12.2 Å². The van der Waals surface area contributed by atoms with Crippen LogP contribution >= 0.6 is 23.2 Å². The van der Waals surface area contributed by atoms with Gasteiger partial charge in [0.25, 0.3) is 0 Å². The number of aliphatic hydroxyl groups is 1. The second-order valence-corrected chi connectivity index (χ2v) is 5.53. The third kappa shape index (κ3) is 2.86. The van der Waals surface area contributed by atoms with Crippen molar-refractivity contribution in [2.45, 2.75) is 6.61 Å². The summed E-state index contributed by atoms with van der Waals surface area (Å²) in [5, 5.41) is 14.5. The minimum absolute atomic E-state index is 0.282. The van der Waals surface area contributed by atoms with Gasteiger partial charge in [-0.3, -0.25) is 0 Å². The van der Waals surface area contributed by atoms with Crippen LogP contribution < -0.4 is 0 Å². The molecule has 0 aliphatic carbocycles. The van der Waals surface area contributed by atoms with Crippen LogP contribution in [0.25, 0.3) is 22.6 Å². The minimum Gasteiger partial charge on any atom is -0.391 e. The van der Waals surface area contributed by atoms with Gasteiger partial charge in [-0.15, -0.1) is 0 Å². The van der Waals surface area contributed by atoms with Crippen molar-refractivity contribution in [1.29, 1.82) is 0 Å². The zero-order chi connectivity index (χ0) is 15.7. The van der Waals surface area contributed by atoms with Crippen molar-refractivity contribution < 1.29 is 14.0 Å². The van der Waals surface area contributed by atoms with Crippen LogP contribution in [0.5, 0.6) is 0 Å². The van der Waals surface area contributed by atoms with Gasteiger partial charge in [-0.2, -0.15) is 0 Å². The molecule has 6 heteroatoms. The maximum absolute atomic E-state index is 13.0. The number of nitrogens with zero attached hydrogens (tertiary/aromatic N) is 1. The first kappa shape index (κ1) is 15.0. The summed E-state index contributed by atoms with van der Waals surface area (Å²) in [5.74, 6) is 0.0332. The van der Waals surface area contributed by atoms with E-state index in [0.717, 1.165) is 0 Å². The molecule has 0 spiro atoms. The summed E-state index contributed by atoms with van der Waals surface area (Å²) in [6.07, 6.45) is 0. The van der Waals surface area contributed by atoms with E-state index in [1.807, 2.05) is 0 Å². The van der Waals surface area contributed by atoms with Crippen molar-refractivity contribution in [3.05, 3.63) is 63.9 Å². The summed E-state index contributed by atoms with van der Waals surface area (Å²) in [6.45, 7) is -0.282. The van der Waals surface area contributed by atoms with Crippen LogP contribution in [0.1, 0.15) is 5.56 Å². The van der Waals surface area contributed by atoms with Crippen LogP contribution in [0.2, 0.25) is 10.0 Å². The van der Waals surface area contributed by atoms with Crippen molar-refractivity contribution in [1.82, 2.24) is 5.16 Å². The van der Waals surface area contributed by atoms with E-state index in [1.165, 1.54) is 12.1 Å². The largest absolute Gasteiger partial charge is 0.391 e. The zero-order valence-electron chi connectivity index (χ0n) is 11.2. The molecule has 0 bridgehead atoms. The van der Waals surface area contributed by atoms with E-state index in [-0.39, 0.29) is 12.4 Å². The van der Waals surface area contributed by atoms with Gasteiger partial charge in [-0.05, 0) is 42.5 Å². The van der Waals surface area contributed by atoms with Crippen molar-refractivity contribution in [3.63, 3.8) is 0 Å². The molecule has 3 aromatic rings. The Hall–Kier alpha value is -1.88. The molecule has 0 unspecified atom stereocenters. The highest BCUT2D eigenvalue weighted by Crippen LogP contribution is 2.34. The lowest BCUT2D eigenvalue weighted by Crippen LogP contribution is -1.89. The summed E-state index contributed by atoms with van der Waals surface area (Å²) in [6, 6.07) is 10.7. The Labute approximate surface area is 135 Å². The van der Waals surface area contributed by atoms with Crippen LogP contribution in [-0.2, 0) is 6.61 Å². The van der Waals surface area contributed by atoms with E-state index in [2.05, 4.69) is 5.16 Å². The molecule has 0 saturated carbocycles. The predicted molar refractivity (Wildman–Crippen MR) is 83.3 cm³/mol. The molecule has 2 aromatic carbocycles. The number of aliphatic hydroxyl groups excluding tert-OH is 1. The van der Waals surface area contributed by atoms with Crippen molar-refractivity contribution in [2.24, 2.45) is 0 Å². The van der Waals surface area contributed by atoms with Crippen LogP contribution in [0.3, 0.4) is 0 Å². The van der Waals surface area contributed by atoms with Gasteiger partial charge in [-0.25, -0.2) is 4.39 Å². The first-order valence-electron chi connectivity index (χ1n) is 6.40. The van der Waals surface area contributed by atoms with Crippen LogP contribution in [-0.4, -0.2) is 10.3 Å². The molecule has 3 rings (SSSR count). The number of hydrogen-bond donors (Lipinski definition) is 1. The molecule has 112 valence electrons. The Morgan fingerprint density at radius 3 is 2.23 bits per heavy atom. The van der Waals surface area contributed by atoms with Crippen molar-refractivity contribution in [3.8, 4) is 22.6 Å². The number of halogens is 3. The van der Waals surface area contributed by atoms with E-state index in [4.69, 9.17) is 27.7 Å². The van der Waals surface area contributed by atoms with Crippen molar-refractivity contribution >= 4 is 23.2 Å². The molecule has 0 radical (unpaired) electrons. The lowest BCUT2D eigenvalue weighted by molar-refractivity contribution is 0.281. The van der Waals surface area contributed by atoms with Crippen LogP contribution in [0.4, 0.5) is 4.39 Å². The van der Waals surface area contributed by atoms with Gasteiger partial charge >= 0.3 is 0 Å². The molecule has 0 fully saturated rings. The smallest absolute Gasteiger partial charge is 0.173 e. The molecule has 1 heterocycles. The summed E-state index contributed by atoms with van der Waals surface area (Å²) in [7, 11) is 0. The monoisotopic (exact) mass is 337 g/mol.